The predicted molar refractivity (Wildman–Crippen MR) is 124 cm³/mol. The Labute approximate surface area is 180 Å². The zero-order valence-corrected chi connectivity index (χ0v) is 16.9. The van der Waals surface area contributed by atoms with E-state index in [9.17, 15) is 0 Å². The quantitative estimate of drug-likeness (QED) is 0.369. The number of fused-ring (bicyclic) bond motifs is 2. The van der Waals surface area contributed by atoms with Crippen molar-refractivity contribution >= 4 is 11.3 Å². The van der Waals surface area contributed by atoms with Gasteiger partial charge in [-0.15, -0.1) is 0 Å². The fourth-order valence-electron chi connectivity index (χ4n) is 4.24. The van der Waals surface area contributed by atoms with Crippen LogP contribution in [0.15, 0.2) is 109 Å². The molecule has 4 aromatic heterocycles. The zero-order valence-electron chi connectivity index (χ0n) is 16.9. The van der Waals surface area contributed by atoms with Crippen molar-refractivity contribution in [1.29, 1.82) is 0 Å². The highest BCUT2D eigenvalue weighted by atomic mass is 15.0. The topological polar surface area (TPSA) is 34.6 Å². The van der Waals surface area contributed by atoms with E-state index in [0.717, 1.165) is 45.2 Å². The van der Waals surface area contributed by atoms with Crippen LogP contribution in [0.25, 0.3) is 33.8 Å². The highest BCUT2D eigenvalue weighted by Gasteiger charge is 2.20. The Hall–Kier alpha value is -4.18. The van der Waals surface area contributed by atoms with E-state index in [1.54, 1.807) is 0 Å². The lowest BCUT2D eigenvalue weighted by Gasteiger charge is -2.08. The van der Waals surface area contributed by atoms with Gasteiger partial charge in [-0.2, -0.15) is 0 Å². The molecular formula is C27H20N4. The Morgan fingerprint density at radius 2 is 0.903 bits per heavy atom. The van der Waals surface area contributed by atoms with Crippen LogP contribution in [0.5, 0.6) is 0 Å². The van der Waals surface area contributed by atoms with Gasteiger partial charge in [-0.3, -0.25) is 0 Å². The number of rotatable bonds is 4. The first-order valence-electron chi connectivity index (χ1n) is 10.4. The van der Waals surface area contributed by atoms with E-state index >= 15 is 0 Å². The van der Waals surface area contributed by atoms with E-state index in [1.807, 2.05) is 24.3 Å². The average molecular weight is 400 g/mol. The second-order valence-electron chi connectivity index (χ2n) is 7.58. The van der Waals surface area contributed by atoms with Crippen LogP contribution in [0.4, 0.5) is 0 Å². The molecule has 0 saturated heterocycles. The van der Waals surface area contributed by atoms with Gasteiger partial charge in [0.2, 0.25) is 0 Å². The summed E-state index contributed by atoms with van der Waals surface area (Å²) in [6, 6.07) is 33.1. The van der Waals surface area contributed by atoms with E-state index in [4.69, 9.17) is 9.97 Å². The van der Waals surface area contributed by atoms with Crippen molar-refractivity contribution in [1.82, 2.24) is 18.8 Å². The Bertz CT molecular complexity index is 1380. The lowest BCUT2D eigenvalue weighted by molar-refractivity contribution is 0.964. The first kappa shape index (κ1) is 17.7. The number of pyridine rings is 2. The predicted octanol–water partition coefficient (Wildman–Crippen LogP) is 5.91. The third-order valence-corrected chi connectivity index (χ3v) is 5.69. The smallest absolute Gasteiger partial charge is 0.137 e. The van der Waals surface area contributed by atoms with Gasteiger partial charge >= 0.3 is 0 Å². The summed E-state index contributed by atoms with van der Waals surface area (Å²) in [5, 5.41) is 0. The molecule has 4 heterocycles. The Kier molecular flexibility index (Phi) is 4.13. The molecule has 0 saturated carbocycles. The van der Waals surface area contributed by atoms with Gasteiger partial charge in [-0.05, 0) is 24.3 Å². The standard InChI is InChI=1S/C27H20N4/c1-3-11-20(12-4-1)26-22(30-17-9-7-15-24(30)28-26)19-23-27(21-13-5-2-6-14-21)29-25-16-8-10-18-31(23)25/h1-18H,19H2. The molecule has 0 radical (unpaired) electrons. The number of imidazole rings is 2. The summed E-state index contributed by atoms with van der Waals surface area (Å²) in [4.78, 5) is 9.96. The van der Waals surface area contributed by atoms with Gasteiger partial charge < -0.3 is 8.80 Å². The molecule has 0 bridgehead atoms. The Morgan fingerprint density at radius 1 is 0.484 bits per heavy atom. The van der Waals surface area contributed by atoms with Crippen molar-refractivity contribution in [3.63, 3.8) is 0 Å². The lowest BCUT2D eigenvalue weighted by Crippen LogP contribution is -2.01. The molecule has 6 rings (SSSR count). The van der Waals surface area contributed by atoms with E-state index in [2.05, 4.69) is 94.0 Å². The molecule has 0 amide bonds. The molecule has 0 fully saturated rings. The minimum atomic E-state index is 0.713. The zero-order chi connectivity index (χ0) is 20.6. The minimum Gasteiger partial charge on any atom is -0.303 e. The van der Waals surface area contributed by atoms with Gasteiger partial charge in [0.15, 0.2) is 0 Å². The molecule has 4 heteroatoms. The maximum Gasteiger partial charge on any atom is 0.137 e. The van der Waals surface area contributed by atoms with Gasteiger partial charge in [0.25, 0.3) is 0 Å². The maximum atomic E-state index is 4.98. The second kappa shape index (κ2) is 7.26. The molecule has 2 aromatic carbocycles. The van der Waals surface area contributed by atoms with Crippen molar-refractivity contribution in [2.45, 2.75) is 6.42 Å². The fourth-order valence-corrected chi connectivity index (χ4v) is 4.24. The monoisotopic (exact) mass is 400 g/mol. The first-order valence-corrected chi connectivity index (χ1v) is 10.4. The van der Waals surface area contributed by atoms with E-state index in [-0.39, 0.29) is 0 Å². The third kappa shape index (κ3) is 3.01. The summed E-state index contributed by atoms with van der Waals surface area (Å²) in [5.74, 6) is 0. The molecule has 4 nitrogen and oxygen atoms in total. The minimum absolute atomic E-state index is 0.713. The molecule has 0 N–H and O–H groups in total. The highest BCUT2D eigenvalue weighted by molar-refractivity contribution is 5.70. The van der Waals surface area contributed by atoms with Crippen molar-refractivity contribution in [2.24, 2.45) is 0 Å². The lowest BCUT2D eigenvalue weighted by atomic mass is 10.0. The number of nitrogens with zero attached hydrogens (tertiary/aromatic N) is 4. The van der Waals surface area contributed by atoms with Gasteiger partial charge in [-0.1, -0.05) is 72.8 Å². The van der Waals surface area contributed by atoms with Crippen molar-refractivity contribution in [3.05, 3.63) is 121 Å². The second-order valence-corrected chi connectivity index (χ2v) is 7.58. The molecule has 0 atom stereocenters. The molecule has 0 spiro atoms. The van der Waals surface area contributed by atoms with E-state index in [1.165, 1.54) is 0 Å². The van der Waals surface area contributed by atoms with E-state index in [0.29, 0.717) is 6.42 Å². The average Bonchev–Trinajstić information content (AvgIpc) is 3.40. The number of benzene rings is 2. The van der Waals surface area contributed by atoms with Crippen LogP contribution in [0, 0.1) is 0 Å². The summed E-state index contributed by atoms with van der Waals surface area (Å²) in [6.45, 7) is 0. The summed E-state index contributed by atoms with van der Waals surface area (Å²) < 4.78 is 4.39. The molecule has 0 aliphatic heterocycles. The van der Waals surface area contributed by atoms with Crippen LogP contribution < -0.4 is 0 Å². The number of aromatic nitrogens is 4. The van der Waals surface area contributed by atoms with Crippen molar-refractivity contribution < 1.29 is 0 Å². The van der Waals surface area contributed by atoms with Crippen LogP contribution >= 0.6 is 0 Å². The van der Waals surface area contributed by atoms with Crippen LogP contribution in [-0.4, -0.2) is 18.8 Å². The normalized spacial score (nSPS) is 11.4. The first-order chi connectivity index (χ1) is 15.4. The molecule has 0 aliphatic rings. The van der Waals surface area contributed by atoms with Crippen molar-refractivity contribution in [2.75, 3.05) is 0 Å². The van der Waals surface area contributed by atoms with Gasteiger partial charge in [0.05, 0.1) is 22.8 Å². The van der Waals surface area contributed by atoms with Crippen LogP contribution in [0.2, 0.25) is 0 Å². The summed E-state index contributed by atoms with van der Waals surface area (Å²) in [6.07, 6.45) is 4.90. The maximum absolute atomic E-state index is 4.98. The fraction of sp³-hybridized carbons (Fsp3) is 0.0370. The Balaban J connectivity index is 1.60. The number of hydrogen-bond donors (Lipinski definition) is 0. The molecule has 6 aromatic rings. The molecule has 0 aliphatic carbocycles. The third-order valence-electron chi connectivity index (χ3n) is 5.69. The molecule has 148 valence electrons. The SMILES string of the molecule is c1ccc(-c2nc3ccccn3c2Cc2c(-c3ccccc3)nc3ccccn23)cc1. The summed E-state index contributed by atoms with van der Waals surface area (Å²) in [7, 11) is 0. The van der Waals surface area contributed by atoms with Crippen LogP contribution in [0.3, 0.4) is 0 Å². The number of hydrogen-bond acceptors (Lipinski definition) is 2. The van der Waals surface area contributed by atoms with Gasteiger partial charge in [0, 0.05) is 29.9 Å². The molecular weight excluding hydrogens is 380 g/mol. The summed E-state index contributed by atoms with van der Waals surface area (Å²) >= 11 is 0. The highest BCUT2D eigenvalue weighted by Crippen LogP contribution is 2.31. The molecule has 31 heavy (non-hydrogen) atoms. The van der Waals surface area contributed by atoms with Crippen molar-refractivity contribution in [3.8, 4) is 22.5 Å². The van der Waals surface area contributed by atoms with Crippen LogP contribution in [0.1, 0.15) is 11.4 Å². The van der Waals surface area contributed by atoms with Gasteiger partial charge in [-0.25, -0.2) is 9.97 Å². The van der Waals surface area contributed by atoms with Gasteiger partial charge in [0.1, 0.15) is 11.3 Å². The largest absolute Gasteiger partial charge is 0.303 e. The van der Waals surface area contributed by atoms with Crippen LogP contribution in [-0.2, 0) is 6.42 Å². The summed E-state index contributed by atoms with van der Waals surface area (Å²) in [5.41, 5.74) is 8.48. The molecule has 0 unspecified atom stereocenters. The van der Waals surface area contributed by atoms with E-state index < -0.39 is 0 Å². The Morgan fingerprint density at radius 3 is 1.35 bits per heavy atom.